The Morgan fingerprint density at radius 1 is 1.56 bits per heavy atom. The van der Waals surface area contributed by atoms with Gasteiger partial charge in [-0.15, -0.1) is 0 Å². The zero-order chi connectivity index (χ0) is 11.4. The summed E-state index contributed by atoms with van der Waals surface area (Å²) in [6.07, 6.45) is 2.40. The Balaban J connectivity index is 1.94. The Morgan fingerprint density at radius 3 is 3.00 bits per heavy atom. The first-order valence-corrected chi connectivity index (χ1v) is 5.48. The SMILES string of the molecule is Cc1cccc(CN=C(NN)NC2CC2)n1. The third-order valence-corrected chi connectivity index (χ3v) is 2.40. The second kappa shape index (κ2) is 4.94. The van der Waals surface area contributed by atoms with Gasteiger partial charge < -0.3 is 5.32 Å². The Morgan fingerprint density at radius 2 is 2.38 bits per heavy atom. The fourth-order valence-electron chi connectivity index (χ4n) is 1.40. The molecule has 0 bridgehead atoms. The van der Waals surface area contributed by atoms with E-state index in [1.165, 1.54) is 12.8 Å². The molecule has 5 nitrogen and oxygen atoms in total. The van der Waals surface area contributed by atoms with Gasteiger partial charge in [-0.2, -0.15) is 0 Å². The van der Waals surface area contributed by atoms with Gasteiger partial charge in [0.15, 0.2) is 0 Å². The zero-order valence-electron chi connectivity index (χ0n) is 9.40. The van der Waals surface area contributed by atoms with Gasteiger partial charge in [0.05, 0.1) is 12.2 Å². The highest BCUT2D eigenvalue weighted by molar-refractivity contribution is 5.79. The molecule has 0 atom stereocenters. The minimum atomic E-state index is 0.542. The average Bonchev–Trinajstić information content (AvgIpc) is 3.08. The average molecular weight is 219 g/mol. The molecule has 1 aliphatic rings. The summed E-state index contributed by atoms with van der Waals surface area (Å²) in [6.45, 7) is 2.51. The van der Waals surface area contributed by atoms with E-state index in [2.05, 4.69) is 20.7 Å². The number of aromatic nitrogens is 1. The summed E-state index contributed by atoms with van der Waals surface area (Å²) in [5.41, 5.74) is 4.52. The molecule has 16 heavy (non-hydrogen) atoms. The van der Waals surface area contributed by atoms with Crippen molar-refractivity contribution in [3.8, 4) is 0 Å². The molecule has 1 heterocycles. The van der Waals surface area contributed by atoms with E-state index in [-0.39, 0.29) is 0 Å². The van der Waals surface area contributed by atoms with Crippen LogP contribution in [0.4, 0.5) is 0 Å². The molecular formula is C11H17N5. The summed E-state index contributed by atoms with van der Waals surface area (Å²) in [5.74, 6) is 6.02. The molecule has 5 heteroatoms. The number of hydrazine groups is 1. The molecule has 1 aromatic heterocycles. The third kappa shape index (κ3) is 3.20. The van der Waals surface area contributed by atoms with E-state index in [1.54, 1.807) is 0 Å². The summed E-state index contributed by atoms with van der Waals surface area (Å²) in [5, 5.41) is 3.21. The van der Waals surface area contributed by atoms with Gasteiger partial charge in [0.1, 0.15) is 0 Å². The van der Waals surface area contributed by atoms with Crippen LogP contribution in [0.3, 0.4) is 0 Å². The number of pyridine rings is 1. The topological polar surface area (TPSA) is 75.3 Å². The van der Waals surface area contributed by atoms with Gasteiger partial charge >= 0.3 is 0 Å². The van der Waals surface area contributed by atoms with E-state index in [4.69, 9.17) is 5.84 Å². The molecule has 0 saturated heterocycles. The molecule has 1 aromatic rings. The number of rotatable bonds is 3. The monoisotopic (exact) mass is 219 g/mol. The molecule has 0 amide bonds. The first kappa shape index (κ1) is 10.9. The molecule has 0 unspecified atom stereocenters. The lowest BCUT2D eigenvalue weighted by atomic mass is 10.3. The molecule has 1 aliphatic carbocycles. The van der Waals surface area contributed by atoms with Crippen LogP contribution in [0, 0.1) is 6.92 Å². The number of nitrogens with zero attached hydrogens (tertiary/aromatic N) is 2. The van der Waals surface area contributed by atoms with Crippen LogP contribution in [0.15, 0.2) is 23.2 Å². The summed E-state index contributed by atoms with van der Waals surface area (Å²) >= 11 is 0. The van der Waals surface area contributed by atoms with Gasteiger partial charge in [-0.25, -0.2) is 10.8 Å². The van der Waals surface area contributed by atoms with E-state index in [9.17, 15) is 0 Å². The predicted octanol–water partition coefficient (Wildman–Crippen LogP) is 0.461. The highest BCUT2D eigenvalue weighted by Crippen LogP contribution is 2.18. The number of nitrogens with two attached hydrogens (primary N) is 1. The molecule has 1 saturated carbocycles. The summed E-state index contributed by atoms with van der Waals surface area (Å²) in [6, 6.07) is 6.46. The lowest BCUT2D eigenvalue weighted by Gasteiger charge is -2.07. The van der Waals surface area contributed by atoms with E-state index in [1.807, 2.05) is 25.1 Å². The van der Waals surface area contributed by atoms with E-state index in [0.29, 0.717) is 18.5 Å². The van der Waals surface area contributed by atoms with E-state index in [0.717, 1.165) is 11.4 Å². The van der Waals surface area contributed by atoms with E-state index >= 15 is 0 Å². The summed E-state index contributed by atoms with van der Waals surface area (Å²) in [7, 11) is 0. The Bertz CT molecular complexity index is 384. The van der Waals surface area contributed by atoms with Gasteiger partial charge in [-0.1, -0.05) is 6.07 Å². The molecule has 0 aromatic carbocycles. The molecule has 2 rings (SSSR count). The Hall–Kier alpha value is -1.62. The van der Waals surface area contributed by atoms with Crippen molar-refractivity contribution in [3.63, 3.8) is 0 Å². The van der Waals surface area contributed by atoms with Crippen molar-refractivity contribution >= 4 is 5.96 Å². The number of aryl methyl sites for hydroxylation is 1. The highest BCUT2D eigenvalue weighted by Gasteiger charge is 2.21. The van der Waals surface area contributed by atoms with Gasteiger partial charge in [0, 0.05) is 11.7 Å². The normalized spacial score (nSPS) is 16.0. The molecule has 0 spiro atoms. The first-order chi connectivity index (χ1) is 7.78. The number of nitrogens with one attached hydrogen (secondary N) is 2. The summed E-state index contributed by atoms with van der Waals surface area (Å²) < 4.78 is 0. The van der Waals surface area contributed by atoms with Crippen LogP contribution >= 0.6 is 0 Å². The zero-order valence-corrected chi connectivity index (χ0v) is 9.40. The first-order valence-electron chi connectivity index (χ1n) is 5.48. The van der Waals surface area contributed by atoms with Gasteiger partial charge in [0.2, 0.25) is 5.96 Å². The smallest absolute Gasteiger partial charge is 0.206 e. The van der Waals surface area contributed by atoms with Crippen molar-refractivity contribution in [2.24, 2.45) is 10.8 Å². The lowest BCUT2D eigenvalue weighted by molar-refractivity contribution is 0.815. The lowest BCUT2D eigenvalue weighted by Crippen LogP contribution is -2.42. The standard InChI is InChI=1S/C11H17N5/c1-8-3-2-4-10(14-8)7-13-11(16-12)15-9-5-6-9/h2-4,9H,5-7,12H2,1H3,(H2,13,15,16). The number of guanidine groups is 1. The second-order valence-corrected chi connectivity index (χ2v) is 4.00. The molecule has 1 fully saturated rings. The van der Waals surface area contributed by atoms with Crippen molar-refractivity contribution in [3.05, 3.63) is 29.6 Å². The van der Waals surface area contributed by atoms with Crippen molar-refractivity contribution in [1.82, 2.24) is 15.7 Å². The highest BCUT2D eigenvalue weighted by atomic mass is 15.3. The van der Waals surface area contributed by atoms with E-state index < -0.39 is 0 Å². The second-order valence-electron chi connectivity index (χ2n) is 4.00. The molecule has 0 radical (unpaired) electrons. The van der Waals surface area contributed by atoms with Crippen LogP contribution < -0.4 is 16.6 Å². The molecular weight excluding hydrogens is 202 g/mol. The number of hydrogen-bond donors (Lipinski definition) is 3. The maximum absolute atomic E-state index is 5.38. The Kier molecular flexibility index (Phi) is 3.36. The Labute approximate surface area is 95.1 Å². The van der Waals surface area contributed by atoms with Crippen LogP contribution in [-0.2, 0) is 6.54 Å². The maximum Gasteiger partial charge on any atom is 0.206 e. The summed E-state index contributed by atoms with van der Waals surface area (Å²) in [4.78, 5) is 8.71. The molecule has 86 valence electrons. The van der Waals surface area contributed by atoms with Crippen molar-refractivity contribution in [1.29, 1.82) is 0 Å². The van der Waals surface area contributed by atoms with Crippen molar-refractivity contribution in [2.45, 2.75) is 32.4 Å². The minimum absolute atomic E-state index is 0.542. The van der Waals surface area contributed by atoms with Crippen LogP contribution in [0.25, 0.3) is 0 Å². The maximum atomic E-state index is 5.38. The van der Waals surface area contributed by atoms with Crippen LogP contribution in [0.2, 0.25) is 0 Å². The minimum Gasteiger partial charge on any atom is -0.353 e. The quantitative estimate of drug-likeness (QED) is 0.299. The van der Waals surface area contributed by atoms with Gasteiger partial charge in [-0.05, 0) is 31.9 Å². The molecule has 0 aliphatic heterocycles. The number of aliphatic imine (C=N–C) groups is 1. The van der Waals surface area contributed by atoms with Gasteiger partial charge in [-0.3, -0.25) is 10.4 Å². The fourth-order valence-corrected chi connectivity index (χ4v) is 1.40. The number of hydrogen-bond acceptors (Lipinski definition) is 3. The van der Waals surface area contributed by atoms with Crippen LogP contribution in [0.5, 0.6) is 0 Å². The van der Waals surface area contributed by atoms with Crippen LogP contribution in [0.1, 0.15) is 24.2 Å². The largest absolute Gasteiger partial charge is 0.353 e. The molecule has 4 N–H and O–H groups in total. The third-order valence-electron chi connectivity index (χ3n) is 2.40. The van der Waals surface area contributed by atoms with Crippen molar-refractivity contribution < 1.29 is 0 Å². The van der Waals surface area contributed by atoms with Crippen LogP contribution in [-0.4, -0.2) is 17.0 Å². The predicted molar refractivity (Wildman–Crippen MR) is 63.6 cm³/mol. The fraction of sp³-hybridized carbons (Fsp3) is 0.455. The van der Waals surface area contributed by atoms with Gasteiger partial charge in [0.25, 0.3) is 0 Å². The van der Waals surface area contributed by atoms with Crippen molar-refractivity contribution in [2.75, 3.05) is 0 Å².